The summed E-state index contributed by atoms with van der Waals surface area (Å²) >= 11 is 0. The van der Waals surface area contributed by atoms with E-state index >= 15 is 0 Å². The van der Waals surface area contributed by atoms with Gasteiger partial charge in [-0.05, 0) is 50.4 Å². The Kier molecular flexibility index (Phi) is 4.88. The van der Waals surface area contributed by atoms with Gasteiger partial charge in [-0.25, -0.2) is 0 Å². The van der Waals surface area contributed by atoms with Crippen LogP contribution in [0.25, 0.3) is 0 Å². The third kappa shape index (κ3) is 3.13. The quantitative estimate of drug-likeness (QED) is 0.853. The van der Waals surface area contributed by atoms with Crippen LogP contribution in [-0.4, -0.2) is 34.1 Å². The second-order valence-electron chi connectivity index (χ2n) is 7.59. The number of piperidine rings is 1. The Bertz CT molecular complexity index is 370. The van der Waals surface area contributed by atoms with Gasteiger partial charge in [-0.3, -0.25) is 9.69 Å². The Morgan fingerprint density at radius 1 is 1.05 bits per heavy atom. The van der Waals surface area contributed by atoms with E-state index in [4.69, 9.17) is 0 Å². The average Bonchev–Trinajstić information content (AvgIpc) is 2.53. The van der Waals surface area contributed by atoms with Gasteiger partial charge < -0.3 is 5.11 Å². The number of hydrogen-bond acceptors (Lipinski definition) is 2. The molecule has 0 amide bonds. The van der Waals surface area contributed by atoms with Gasteiger partial charge >= 0.3 is 5.97 Å². The number of carboxylic acids is 1. The Hall–Kier alpha value is -0.570. The molecular formula is C18H31NO2. The smallest absolute Gasteiger partial charge is 0.320 e. The van der Waals surface area contributed by atoms with Gasteiger partial charge in [0.1, 0.15) is 6.04 Å². The molecule has 3 aliphatic rings. The number of aliphatic carboxylic acids is 1. The molecule has 0 spiro atoms. The van der Waals surface area contributed by atoms with Gasteiger partial charge in [0.25, 0.3) is 0 Å². The lowest BCUT2D eigenvalue weighted by molar-refractivity contribution is -0.151. The molecule has 3 nitrogen and oxygen atoms in total. The molecule has 0 aromatic rings. The first-order valence-corrected chi connectivity index (χ1v) is 9.21. The minimum atomic E-state index is -0.572. The number of carbonyl (C=O) groups is 1. The van der Waals surface area contributed by atoms with Gasteiger partial charge in [0, 0.05) is 12.1 Å². The van der Waals surface area contributed by atoms with Gasteiger partial charge in [-0.15, -0.1) is 0 Å². The van der Waals surface area contributed by atoms with E-state index in [-0.39, 0.29) is 6.04 Å². The second kappa shape index (κ2) is 6.68. The molecule has 1 aliphatic heterocycles. The molecule has 21 heavy (non-hydrogen) atoms. The predicted molar refractivity (Wildman–Crippen MR) is 84.3 cm³/mol. The number of carboxylic acid groups (broad SMARTS) is 1. The zero-order valence-electron chi connectivity index (χ0n) is 13.5. The van der Waals surface area contributed by atoms with Crippen molar-refractivity contribution in [2.75, 3.05) is 0 Å². The van der Waals surface area contributed by atoms with Crippen molar-refractivity contribution < 1.29 is 9.90 Å². The summed E-state index contributed by atoms with van der Waals surface area (Å²) in [5.41, 5.74) is 0. The lowest BCUT2D eigenvalue weighted by Gasteiger charge is -2.52. The fraction of sp³-hybridized carbons (Fsp3) is 0.944. The van der Waals surface area contributed by atoms with Crippen LogP contribution in [0.4, 0.5) is 0 Å². The van der Waals surface area contributed by atoms with Gasteiger partial charge in [0.2, 0.25) is 0 Å². The first kappa shape index (κ1) is 15.3. The fourth-order valence-corrected chi connectivity index (χ4v) is 5.35. The number of fused-ring (bicyclic) bond motifs is 1. The monoisotopic (exact) mass is 293 g/mol. The molecule has 5 atom stereocenters. The largest absolute Gasteiger partial charge is 0.480 e. The minimum Gasteiger partial charge on any atom is -0.480 e. The SMILES string of the molecule is CCC1CCCC(N2C(C(=O)O)CCC3CCCCC32)C1. The predicted octanol–water partition coefficient (Wildman–Crippen LogP) is 4.06. The molecule has 2 saturated carbocycles. The van der Waals surface area contributed by atoms with Crippen molar-refractivity contribution in [2.45, 2.75) is 95.7 Å². The van der Waals surface area contributed by atoms with E-state index in [1.807, 2.05) is 0 Å². The maximum Gasteiger partial charge on any atom is 0.320 e. The van der Waals surface area contributed by atoms with Crippen molar-refractivity contribution >= 4 is 5.97 Å². The minimum absolute atomic E-state index is 0.204. The van der Waals surface area contributed by atoms with Crippen LogP contribution in [0.2, 0.25) is 0 Å². The summed E-state index contributed by atoms with van der Waals surface area (Å²) in [6, 6.07) is 0.898. The van der Waals surface area contributed by atoms with Crippen molar-refractivity contribution in [1.29, 1.82) is 0 Å². The summed E-state index contributed by atoms with van der Waals surface area (Å²) in [5, 5.41) is 9.71. The first-order valence-electron chi connectivity index (χ1n) is 9.21. The van der Waals surface area contributed by atoms with Crippen molar-refractivity contribution in [3.63, 3.8) is 0 Å². The molecule has 5 unspecified atom stereocenters. The van der Waals surface area contributed by atoms with Crippen molar-refractivity contribution in [1.82, 2.24) is 4.90 Å². The second-order valence-corrected chi connectivity index (χ2v) is 7.59. The normalized spacial score (nSPS) is 41.5. The van der Waals surface area contributed by atoms with E-state index in [1.165, 1.54) is 57.8 Å². The Morgan fingerprint density at radius 3 is 2.62 bits per heavy atom. The third-order valence-electron chi connectivity index (χ3n) is 6.46. The van der Waals surface area contributed by atoms with Crippen LogP contribution in [0.3, 0.4) is 0 Å². The lowest BCUT2D eigenvalue weighted by Crippen LogP contribution is -2.59. The van der Waals surface area contributed by atoms with E-state index in [0.29, 0.717) is 12.1 Å². The molecule has 120 valence electrons. The first-order chi connectivity index (χ1) is 10.2. The number of rotatable bonds is 3. The van der Waals surface area contributed by atoms with E-state index < -0.39 is 5.97 Å². The van der Waals surface area contributed by atoms with Crippen molar-refractivity contribution in [3.05, 3.63) is 0 Å². The maximum absolute atomic E-state index is 11.8. The van der Waals surface area contributed by atoms with Gasteiger partial charge in [-0.2, -0.15) is 0 Å². The average molecular weight is 293 g/mol. The lowest BCUT2D eigenvalue weighted by atomic mass is 9.73. The standard InChI is InChI=1S/C18H31NO2/c1-2-13-6-5-8-15(12-13)19-16-9-4-3-7-14(16)10-11-17(19)18(20)21/h13-17H,2-12H2,1H3,(H,20,21). The molecule has 3 rings (SSSR count). The summed E-state index contributed by atoms with van der Waals surface area (Å²) < 4.78 is 0. The van der Waals surface area contributed by atoms with Gasteiger partial charge in [0.05, 0.1) is 0 Å². The molecule has 3 fully saturated rings. The molecular weight excluding hydrogens is 262 g/mol. The summed E-state index contributed by atoms with van der Waals surface area (Å²) in [6.07, 6.45) is 13.6. The van der Waals surface area contributed by atoms with E-state index in [1.54, 1.807) is 0 Å². The van der Waals surface area contributed by atoms with Gasteiger partial charge in [-0.1, -0.05) is 39.0 Å². The Labute approximate surface area is 129 Å². The Balaban J connectivity index is 1.80. The Morgan fingerprint density at radius 2 is 1.86 bits per heavy atom. The van der Waals surface area contributed by atoms with Crippen LogP contribution < -0.4 is 0 Å². The molecule has 1 N–H and O–H groups in total. The highest BCUT2D eigenvalue weighted by Gasteiger charge is 2.45. The molecule has 0 aromatic heterocycles. The van der Waals surface area contributed by atoms with Crippen LogP contribution in [-0.2, 0) is 4.79 Å². The highest BCUT2D eigenvalue weighted by molar-refractivity contribution is 5.73. The highest BCUT2D eigenvalue weighted by Crippen LogP contribution is 2.42. The summed E-state index contributed by atoms with van der Waals surface area (Å²) in [6.45, 7) is 2.29. The number of likely N-dealkylation sites (tertiary alicyclic amines) is 1. The zero-order valence-corrected chi connectivity index (χ0v) is 13.5. The zero-order chi connectivity index (χ0) is 14.8. The van der Waals surface area contributed by atoms with Gasteiger partial charge in [0.15, 0.2) is 0 Å². The fourth-order valence-electron chi connectivity index (χ4n) is 5.35. The van der Waals surface area contributed by atoms with Crippen molar-refractivity contribution in [2.24, 2.45) is 11.8 Å². The third-order valence-corrected chi connectivity index (χ3v) is 6.46. The summed E-state index contributed by atoms with van der Waals surface area (Å²) in [5.74, 6) is 1.02. The topological polar surface area (TPSA) is 40.5 Å². The molecule has 1 heterocycles. The molecule has 0 aromatic carbocycles. The summed E-state index contributed by atoms with van der Waals surface area (Å²) in [4.78, 5) is 14.3. The number of nitrogens with zero attached hydrogens (tertiary/aromatic N) is 1. The van der Waals surface area contributed by atoms with Crippen LogP contribution in [0.15, 0.2) is 0 Å². The van der Waals surface area contributed by atoms with Crippen LogP contribution in [0.5, 0.6) is 0 Å². The number of hydrogen-bond donors (Lipinski definition) is 1. The van der Waals surface area contributed by atoms with E-state index in [9.17, 15) is 9.90 Å². The van der Waals surface area contributed by atoms with Crippen LogP contribution in [0.1, 0.15) is 77.6 Å². The maximum atomic E-state index is 11.8. The van der Waals surface area contributed by atoms with Crippen molar-refractivity contribution in [3.8, 4) is 0 Å². The molecule has 0 radical (unpaired) electrons. The highest BCUT2D eigenvalue weighted by atomic mass is 16.4. The summed E-state index contributed by atoms with van der Waals surface area (Å²) in [7, 11) is 0. The van der Waals surface area contributed by atoms with Crippen LogP contribution >= 0.6 is 0 Å². The molecule has 1 saturated heterocycles. The molecule has 2 aliphatic carbocycles. The van der Waals surface area contributed by atoms with Crippen LogP contribution in [0, 0.1) is 11.8 Å². The molecule has 3 heteroatoms. The van der Waals surface area contributed by atoms with E-state index in [0.717, 1.165) is 24.7 Å². The van der Waals surface area contributed by atoms with E-state index in [2.05, 4.69) is 11.8 Å². The molecule has 0 bridgehead atoms.